The van der Waals surface area contributed by atoms with Gasteiger partial charge in [-0.25, -0.2) is 4.98 Å². The first-order chi connectivity index (χ1) is 8.81. The Labute approximate surface area is 113 Å². The van der Waals surface area contributed by atoms with E-state index in [2.05, 4.69) is 20.9 Å². The Balaban J connectivity index is 1.95. The van der Waals surface area contributed by atoms with Crippen molar-refractivity contribution in [1.29, 1.82) is 0 Å². The fourth-order valence-corrected chi connectivity index (χ4v) is 2.15. The maximum atomic E-state index is 5.73. The van der Waals surface area contributed by atoms with Crippen molar-refractivity contribution in [3.05, 3.63) is 65.3 Å². The molecule has 0 unspecified atom stereocenters. The van der Waals surface area contributed by atoms with Crippen molar-refractivity contribution in [3.63, 3.8) is 0 Å². The second-order valence-corrected chi connectivity index (χ2v) is 4.84. The first-order valence-electron chi connectivity index (χ1n) is 5.59. The third-order valence-corrected chi connectivity index (χ3v) is 3.12. The molecule has 0 radical (unpaired) electrons. The molecule has 0 bridgehead atoms. The number of pyridine rings is 1. The quantitative estimate of drug-likeness (QED) is 0.679. The van der Waals surface area contributed by atoms with Crippen molar-refractivity contribution < 1.29 is 4.74 Å². The van der Waals surface area contributed by atoms with E-state index in [4.69, 9.17) is 4.74 Å². The highest BCUT2D eigenvalue weighted by Gasteiger charge is 2.01. The van der Waals surface area contributed by atoms with Gasteiger partial charge in [0.1, 0.15) is 5.75 Å². The molecule has 1 heterocycles. The van der Waals surface area contributed by atoms with E-state index in [1.807, 2.05) is 60.8 Å². The average molecular weight is 300 g/mol. The van der Waals surface area contributed by atoms with Crippen LogP contribution in [0.2, 0.25) is 0 Å². The SMILES string of the molecule is Brc1cccc(Oc2cc3ccccc3cn2)c1. The van der Waals surface area contributed by atoms with Crippen LogP contribution in [0.1, 0.15) is 0 Å². The fourth-order valence-electron chi connectivity index (χ4n) is 1.77. The molecule has 3 heteroatoms. The lowest BCUT2D eigenvalue weighted by Gasteiger charge is -2.05. The van der Waals surface area contributed by atoms with Crippen molar-refractivity contribution in [2.75, 3.05) is 0 Å². The van der Waals surface area contributed by atoms with Crippen LogP contribution in [0.15, 0.2) is 65.3 Å². The highest BCUT2D eigenvalue weighted by Crippen LogP contribution is 2.25. The molecule has 88 valence electrons. The summed E-state index contributed by atoms with van der Waals surface area (Å²) in [6, 6.07) is 17.7. The van der Waals surface area contributed by atoms with Gasteiger partial charge in [-0.15, -0.1) is 0 Å². The van der Waals surface area contributed by atoms with Gasteiger partial charge in [-0.05, 0) is 23.6 Å². The van der Waals surface area contributed by atoms with E-state index < -0.39 is 0 Å². The zero-order valence-corrected chi connectivity index (χ0v) is 11.1. The maximum Gasteiger partial charge on any atom is 0.219 e. The van der Waals surface area contributed by atoms with Gasteiger partial charge in [0, 0.05) is 22.1 Å². The summed E-state index contributed by atoms with van der Waals surface area (Å²) in [4.78, 5) is 4.29. The zero-order valence-electron chi connectivity index (χ0n) is 9.51. The minimum Gasteiger partial charge on any atom is -0.439 e. The first-order valence-corrected chi connectivity index (χ1v) is 6.39. The number of hydrogen-bond acceptors (Lipinski definition) is 2. The summed E-state index contributed by atoms with van der Waals surface area (Å²) in [7, 11) is 0. The molecule has 18 heavy (non-hydrogen) atoms. The Hall–Kier alpha value is -1.87. The lowest BCUT2D eigenvalue weighted by Crippen LogP contribution is -1.87. The van der Waals surface area contributed by atoms with Gasteiger partial charge in [0.25, 0.3) is 0 Å². The van der Waals surface area contributed by atoms with E-state index in [9.17, 15) is 0 Å². The molecule has 0 spiro atoms. The Morgan fingerprint density at radius 2 is 1.72 bits per heavy atom. The number of hydrogen-bond donors (Lipinski definition) is 0. The Bertz CT molecular complexity index is 697. The molecule has 0 atom stereocenters. The van der Waals surface area contributed by atoms with E-state index in [0.29, 0.717) is 5.88 Å². The molecule has 0 saturated heterocycles. The average Bonchev–Trinajstić information content (AvgIpc) is 2.39. The first kappa shape index (κ1) is 11.2. The van der Waals surface area contributed by atoms with Crippen molar-refractivity contribution in [2.45, 2.75) is 0 Å². The smallest absolute Gasteiger partial charge is 0.219 e. The molecule has 0 N–H and O–H groups in total. The molecule has 0 aliphatic carbocycles. The predicted molar refractivity (Wildman–Crippen MR) is 76.0 cm³/mol. The third-order valence-electron chi connectivity index (χ3n) is 2.62. The van der Waals surface area contributed by atoms with Crippen molar-refractivity contribution in [3.8, 4) is 11.6 Å². The van der Waals surface area contributed by atoms with Crippen LogP contribution < -0.4 is 4.74 Å². The molecule has 0 saturated carbocycles. The van der Waals surface area contributed by atoms with Crippen LogP contribution in [-0.2, 0) is 0 Å². The van der Waals surface area contributed by atoms with Gasteiger partial charge in [-0.2, -0.15) is 0 Å². The summed E-state index contributed by atoms with van der Waals surface area (Å²) < 4.78 is 6.71. The molecule has 0 aliphatic rings. The molecule has 2 nitrogen and oxygen atoms in total. The summed E-state index contributed by atoms with van der Waals surface area (Å²) in [6.45, 7) is 0. The maximum absolute atomic E-state index is 5.73. The number of ether oxygens (including phenoxy) is 1. The summed E-state index contributed by atoms with van der Waals surface area (Å²) in [5, 5.41) is 2.23. The third kappa shape index (κ3) is 2.36. The number of fused-ring (bicyclic) bond motifs is 1. The number of halogens is 1. The second kappa shape index (κ2) is 4.78. The summed E-state index contributed by atoms with van der Waals surface area (Å²) in [6.07, 6.45) is 1.82. The van der Waals surface area contributed by atoms with Crippen LogP contribution in [0.25, 0.3) is 10.8 Å². The Kier molecular flexibility index (Phi) is 2.99. The van der Waals surface area contributed by atoms with Crippen molar-refractivity contribution in [1.82, 2.24) is 4.98 Å². The highest BCUT2D eigenvalue weighted by atomic mass is 79.9. The molecule has 3 rings (SSSR count). The van der Waals surface area contributed by atoms with E-state index in [1.54, 1.807) is 0 Å². The largest absolute Gasteiger partial charge is 0.439 e. The molecular weight excluding hydrogens is 290 g/mol. The molecule has 0 aliphatic heterocycles. The number of rotatable bonds is 2. The van der Waals surface area contributed by atoms with Crippen LogP contribution in [0.5, 0.6) is 11.6 Å². The van der Waals surface area contributed by atoms with Crippen LogP contribution in [0.3, 0.4) is 0 Å². The monoisotopic (exact) mass is 299 g/mol. The van der Waals surface area contributed by atoms with Crippen LogP contribution in [-0.4, -0.2) is 4.98 Å². The van der Waals surface area contributed by atoms with E-state index in [0.717, 1.165) is 21.0 Å². The van der Waals surface area contributed by atoms with Gasteiger partial charge in [0.2, 0.25) is 5.88 Å². The minimum atomic E-state index is 0.604. The van der Waals surface area contributed by atoms with Crippen LogP contribution in [0, 0.1) is 0 Å². The summed E-state index contributed by atoms with van der Waals surface area (Å²) >= 11 is 3.41. The normalized spacial score (nSPS) is 10.5. The fraction of sp³-hybridized carbons (Fsp3) is 0. The topological polar surface area (TPSA) is 22.1 Å². The Morgan fingerprint density at radius 1 is 0.889 bits per heavy atom. The zero-order chi connectivity index (χ0) is 12.4. The summed E-state index contributed by atoms with van der Waals surface area (Å²) in [5.74, 6) is 1.37. The molecule has 0 amide bonds. The van der Waals surface area contributed by atoms with E-state index in [1.165, 1.54) is 0 Å². The predicted octanol–water partition coefficient (Wildman–Crippen LogP) is 4.79. The molecule has 2 aromatic carbocycles. The van der Waals surface area contributed by atoms with Crippen molar-refractivity contribution in [2.24, 2.45) is 0 Å². The van der Waals surface area contributed by atoms with Gasteiger partial charge in [0.05, 0.1) is 0 Å². The van der Waals surface area contributed by atoms with Gasteiger partial charge in [-0.1, -0.05) is 46.3 Å². The highest BCUT2D eigenvalue weighted by molar-refractivity contribution is 9.10. The molecule has 3 aromatic rings. The van der Waals surface area contributed by atoms with Gasteiger partial charge >= 0.3 is 0 Å². The second-order valence-electron chi connectivity index (χ2n) is 3.93. The summed E-state index contributed by atoms with van der Waals surface area (Å²) in [5.41, 5.74) is 0. The lowest BCUT2D eigenvalue weighted by atomic mass is 10.2. The van der Waals surface area contributed by atoms with E-state index in [-0.39, 0.29) is 0 Å². The van der Waals surface area contributed by atoms with Crippen LogP contribution >= 0.6 is 15.9 Å². The van der Waals surface area contributed by atoms with Crippen LogP contribution in [0.4, 0.5) is 0 Å². The number of benzene rings is 2. The number of aromatic nitrogens is 1. The van der Waals surface area contributed by atoms with Gasteiger partial charge in [0.15, 0.2) is 0 Å². The molecule has 0 fully saturated rings. The lowest BCUT2D eigenvalue weighted by molar-refractivity contribution is 0.464. The van der Waals surface area contributed by atoms with Crippen molar-refractivity contribution >= 4 is 26.7 Å². The molecule has 1 aromatic heterocycles. The van der Waals surface area contributed by atoms with Gasteiger partial charge < -0.3 is 4.74 Å². The molecular formula is C15H10BrNO. The Morgan fingerprint density at radius 3 is 2.56 bits per heavy atom. The standard InChI is InChI=1S/C15H10BrNO/c16-13-6-3-7-14(9-13)18-15-8-11-4-1-2-5-12(11)10-17-15/h1-10H. The van der Waals surface area contributed by atoms with Gasteiger partial charge in [-0.3, -0.25) is 0 Å². The number of nitrogens with zero attached hydrogens (tertiary/aromatic N) is 1. The van der Waals surface area contributed by atoms with E-state index >= 15 is 0 Å². The minimum absolute atomic E-state index is 0.604.